The van der Waals surface area contributed by atoms with Crippen molar-refractivity contribution in [2.45, 2.75) is 20.3 Å². The molecule has 3 amide bonds. The number of nitrogens with one attached hydrogen (secondary N) is 4. The van der Waals surface area contributed by atoms with Crippen molar-refractivity contribution in [1.29, 1.82) is 0 Å². The third-order valence-electron chi connectivity index (χ3n) is 5.67. The van der Waals surface area contributed by atoms with E-state index < -0.39 is 0 Å². The van der Waals surface area contributed by atoms with Gasteiger partial charge in [0.25, 0.3) is 0 Å². The Kier molecular flexibility index (Phi) is 7.98. The summed E-state index contributed by atoms with van der Waals surface area (Å²) in [4.78, 5) is 24.4. The fourth-order valence-electron chi connectivity index (χ4n) is 3.64. The van der Waals surface area contributed by atoms with Crippen LogP contribution in [0.5, 0.6) is 0 Å². The molecule has 0 aliphatic carbocycles. The summed E-state index contributed by atoms with van der Waals surface area (Å²) in [6.07, 6.45) is 0.768. The molecule has 0 atom stereocenters. The summed E-state index contributed by atoms with van der Waals surface area (Å²) in [5.41, 5.74) is 7.74. The molecule has 0 fully saturated rings. The highest BCUT2D eigenvalue weighted by Gasteiger charge is 2.05. The molecule has 6 nitrogen and oxygen atoms in total. The van der Waals surface area contributed by atoms with Crippen molar-refractivity contribution < 1.29 is 9.59 Å². The van der Waals surface area contributed by atoms with Crippen molar-refractivity contribution in [3.05, 3.63) is 119 Å². The average Bonchev–Trinajstić information content (AvgIpc) is 2.87. The Morgan fingerprint density at radius 2 is 0.917 bits per heavy atom. The van der Waals surface area contributed by atoms with E-state index in [1.54, 1.807) is 0 Å². The second-order valence-electron chi connectivity index (χ2n) is 8.78. The third kappa shape index (κ3) is 7.46. The molecule has 4 N–H and O–H groups in total. The molecule has 0 aliphatic rings. The number of anilines is 4. The first kappa shape index (κ1) is 24.5. The van der Waals surface area contributed by atoms with Gasteiger partial charge in [0, 0.05) is 22.7 Å². The van der Waals surface area contributed by atoms with Gasteiger partial charge in [-0.1, -0.05) is 59.7 Å². The van der Waals surface area contributed by atoms with E-state index in [0.29, 0.717) is 0 Å². The van der Waals surface area contributed by atoms with Crippen LogP contribution in [0.1, 0.15) is 22.3 Å². The number of aryl methyl sites for hydroxylation is 2. The van der Waals surface area contributed by atoms with Gasteiger partial charge in [0.05, 0.1) is 6.54 Å². The average molecular weight is 479 g/mol. The lowest BCUT2D eigenvalue weighted by atomic mass is 10.0. The van der Waals surface area contributed by atoms with Gasteiger partial charge in [0.1, 0.15) is 0 Å². The second-order valence-corrected chi connectivity index (χ2v) is 8.78. The third-order valence-corrected chi connectivity index (χ3v) is 5.67. The minimum Gasteiger partial charge on any atom is -0.376 e. The van der Waals surface area contributed by atoms with Crippen molar-refractivity contribution in [2.24, 2.45) is 0 Å². The largest absolute Gasteiger partial charge is 0.376 e. The van der Waals surface area contributed by atoms with Crippen LogP contribution in [0, 0.1) is 13.8 Å². The Hall–Kier alpha value is -4.58. The van der Waals surface area contributed by atoms with Crippen molar-refractivity contribution in [1.82, 2.24) is 0 Å². The summed E-state index contributed by atoms with van der Waals surface area (Å²) in [7, 11) is 0. The number of carbonyl (C=O) groups excluding carboxylic acids is 2. The molecule has 0 radical (unpaired) electrons. The monoisotopic (exact) mass is 478 g/mol. The van der Waals surface area contributed by atoms with Crippen molar-refractivity contribution in [3.8, 4) is 0 Å². The first-order valence-electron chi connectivity index (χ1n) is 11.9. The first-order valence-corrected chi connectivity index (χ1v) is 11.9. The lowest BCUT2D eigenvalue weighted by Gasteiger charge is -2.10. The molecule has 36 heavy (non-hydrogen) atoms. The Morgan fingerprint density at radius 3 is 1.39 bits per heavy atom. The van der Waals surface area contributed by atoms with Gasteiger partial charge in [-0.05, 0) is 79.9 Å². The first-order chi connectivity index (χ1) is 17.4. The fourth-order valence-corrected chi connectivity index (χ4v) is 3.64. The number of hydrogen-bond donors (Lipinski definition) is 4. The Bertz CT molecular complexity index is 1300. The van der Waals surface area contributed by atoms with Gasteiger partial charge in [-0.3, -0.25) is 4.79 Å². The van der Waals surface area contributed by atoms with Gasteiger partial charge < -0.3 is 21.3 Å². The van der Waals surface area contributed by atoms with Crippen molar-refractivity contribution in [2.75, 3.05) is 27.8 Å². The van der Waals surface area contributed by atoms with Gasteiger partial charge in [-0.2, -0.15) is 0 Å². The number of urea groups is 1. The van der Waals surface area contributed by atoms with Crippen LogP contribution in [-0.4, -0.2) is 18.5 Å². The molecule has 4 aromatic carbocycles. The van der Waals surface area contributed by atoms with Crippen LogP contribution >= 0.6 is 0 Å². The maximum atomic E-state index is 12.2. The highest BCUT2D eigenvalue weighted by molar-refractivity contribution is 5.99. The molecule has 0 spiro atoms. The van der Waals surface area contributed by atoms with E-state index in [4.69, 9.17) is 0 Å². The Labute approximate surface area is 211 Å². The smallest absolute Gasteiger partial charge is 0.323 e. The predicted molar refractivity (Wildman–Crippen MR) is 148 cm³/mol. The zero-order valence-corrected chi connectivity index (χ0v) is 20.5. The Morgan fingerprint density at radius 1 is 0.528 bits per heavy atom. The number of rotatable bonds is 8. The van der Waals surface area contributed by atoms with E-state index in [0.717, 1.165) is 51.4 Å². The molecule has 0 aliphatic heterocycles. The molecule has 0 aromatic heterocycles. The highest BCUT2D eigenvalue weighted by atomic mass is 16.2. The quantitative estimate of drug-likeness (QED) is 0.231. The molecule has 0 saturated carbocycles. The molecule has 4 aromatic rings. The summed E-state index contributed by atoms with van der Waals surface area (Å²) in [6.45, 7) is 4.21. The summed E-state index contributed by atoms with van der Waals surface area (Å²) in [5, 5.41) is 11.7. The van der Waals surface area contributed by atoms with Crippen LogP contribution in [0.3, 0.4) is 0 Å². The molecule has 0 unspecified atom stereocenters. The van der Waals surface area contributed by atoms with E-state index in [9.17, 15) is 9.59 Å². The molecule has 6 heteroatoms. The van der Waals surface area contributed by atoms with E-state index in [1.807, 2.05) is 111 Å². The minimum absolute atomic E-state index is 0.0934. The van der Waals surface area contributed by atoms with Crippen molar-refractivity contribution >= 4 is 34.7 Å². The zero-order chi connectivity index (χ0) is 25.3. The minimum atomic E-state index is -0.276. The summed E-state index contributed by atoms with van der Waals surface area (Å²) < 4.78 is 0. The van der Waals surface area contributed by atoms with Crippen LogP contribution in [0.4, 0.5) is 27.5 Å². The van der Waals surface area contributed by atoms with Crippen LogP contribution in [-0.2, 0) is 11.2 Å². The summed E-state index contributed by atoms with van der Waals surface area (Å²) in [5.74, 6) is -0.0934. The lowest BCUT2D eigenvalue weighted by molar-refractivity contribution is -0.114. The predicted octanol–water partition coefficient (Wildman–Crippen LogP) is 6.59. The second kappa shape index (κ2) is 11.7. The molecule has 0 bridgehead atoms. The molecular weight excluding hydrogens is 448 g/mol. The van der Waals surface area contributed by atoms with Crippen LogP contribution in [0.2, 0.25) is 0 Å². The van der Waals surface area contributed by atoms with Gasteiger partial charge in [0.2, 0.25) is 5.91 Å². The normalized spacial score (nSPS) is 10.4. The molecule has 182 valence electrons. The lowest BCUT2D eigenvalue weighted by Crippen LogP contribution is -2.21. The van der Waals surface area contributed by atoms with Crippen molar-refractivity contribution in [3.63, 3.8) is 0 Å². The topological polar surface area (TPSA) is 82.3 Å². The van der Waals surface area contributed by atoms with Crippen LogP contribution in [0.25, 0.3) is 0 Å². The zero-order valence-electron chi connectivity index (χ0n) is 20.5. The van der Waals surface area contributed by atoms with Gasteiger partial charge in [0.15, 0.2) is 0 Å². The standard InChI is InChI=1S/C30H30N4O2/c1-21-3-11-26(12-4-21)32-29(35)20-31-25-15-7-23(8-16-25)19-24-9-17-28(18-10-24)34-30(36)33-27-13-5-22(2)6-14-27/h3-18,31H,19-20H2,1-2H3,(H,32,35)(H2,33,34,36). The van der Waals surface area contributed by atoms with E-state index in [2.05, 4.69) is 21.3 Å². The molecule has 4 rings (SSSR count). The molecule has 0 heterocycles. The van der Waals surface area contributed by atoms with E-state index in [1.165, 1.54) is 0 Å². The van der Waals surface area contributed by atoms with E-state index >= 15 is 0 Å². The maximum Gasteiger partial charge on any atom is 0.323 e. The number of benzene rings is 4. The van der Waals surface area contributed by atoms with Gasteiger partial charge >= 0.3 is 6.03 Å². The van der Waals surface area contributed by atoms with Gasteiger partial charge in [-0.15, -0.1) is 0 Å². The highest BCUT2D eigenvalue weighted by Crippen LogP contribution is 2.17. The maximum absolute atomic E-state index is 12.2. The molecule has 0 saturated heterocycles. The number of carbonyl (C=O) groups is 2. The fraction of sp³-hybridized carbons (Fsp3) is 0.133. The number of amides is 3. The Balaban J connectivity index is 1.23. The SMILES string of the molecule is Cc1ccc(NC(=O)CNc2ccc(Cc3ccc(NC(=O)Nc4ccc(C)cc4)cc3)cc2)cc1. The van der Waals surface area contributed by atoms with Gasteiger partial charge in [-0.25, -0.2) is 4.79 Å². The van der Waals surface area contributed by atoms with Crippen LogP contribution < -0.4 is 21.3 Å². The number of hydrogen-bond acceptors (Lipinski definition) is 3. The van der Waals surface area contributed by atoms with E-state index in [-0.39, 0.29) is 18.5 Å². The summed E-state index contributed by atoms with van der Waals surface area (Å²) >= 11 is 0. The molecular formula is C30H30N4O2. The van der Waals surface area contributed by atoms with Crippen LogP contribution in [0.15, 0.2) is 97.1 Å². The summed E-state index contributed by atoms with van der Waals surface area (Å²) in [6, 6.07) is 30.9.